The van der Waals surface area contributed by atoms with E-state index in [-0.39, 0.29) is 57.0 Å². The van der Waals surface area contributed by atoms with Gasteiger partial charge < -0.3 is 38.7 Å². The summed E-state index contributed by atoms with van der Waals surface area (Å²) in [6.07, 6.45) is 0. The molecule has 0 unspecified atom stereocenters. The Balaban J connectivity index is -0.000000213. The van der Waals surface area contributed by atoms with Crippen LogP contribution in [0.2, 0.25) is 0 Å². The summed E-state index contributed by atoms with van der Waals surface area (Å²) in [5.41, 5.74) is 0. The summed E-state index contributed by atoms with van der Waals surface area (Å²) in [6.45, 7) is 0. The van der Waals surface area contributed by atoms with Crippen molar-refractivity contribution in [1.82, 2.24) is 0 Å². The van der Waals surface area contributed by atoms with Gasteiger partial charge in [0.15, 0.2) is 0 Å². The standard InChI is InChI=1S/C7H8O.2BrH.Mg/c1-8-7-5-3-2-4-6-7;;;/h2-6H,1H3;2*1H;/q;;;+2/p-2. The van der Waals surface area contributed by atoms with Crippen molar-refractivity contribution in [3.05, 3.63) is 30.3 Å². The third-order valence-electron chi connectivity index (χ3n) is 0.979. The van der Waals surface area contributed by atoms with E-state index in [9.17, 15) is 0 Å². The van der Waals surface area contributed by atoms with Crippen LogP contribution in [-0.4, -0.2) is 30.2 Å². The van der Waals surface area contributed by atoms with E-state index in [2.05, 4.69) is 0 Å². The molecule has 0 atom stereocenters. The number of para-hydroxylation sites is 1. The topological polar surface area (TPSA) is 9.23 Å². The van der Waals surface area contributed by atoms with Gasteiger partial charge in [-0.2, -0.15) is 0 Å². The van der Waals surface area contributed by atoms with E-state index >= 15 is 0 Å². The van der Waals surface area contributed by atoms with E-state index in [1.807, 2.05) is 30.3 Å². The monoisotopic (exact) mass is 290 g/mol. The van der Waals surface area contributed by atoms with Crippen molar-refractivity contribution in [2.75, 3.05) is 7.11 Å². The Morgan fingerprint density at radius 3 is 1.73 bits per heavy atom. The predicted octanol–water partition coefficient (Wildman–Crippen LogP) is -4.68. The van der Waals surface area contributed by atoms with Gasteiger partial charge in [-0.15, -0.1) is 0 Å². The average Bonchev–Trinajstić information content (AvgIpc) is 1.90. The molecule has 1 aromatic rings. The number of ether oxygens (including phenoxy) is 1. The van der Waals surface area contributed by atoms with Crippen molar-refractivity contribution in [3.8, 4) is 5.75 Å². The zero-order chi connectivity index (χ0) is 5.82. The minimum Gasteiger partial charge on any atom is -1.00 e. The molecule has 1 rings (SSSR count). The van der Waals surface area contributed by atoms with Gasteiger partial charge in [-0.25, -0.2) is 0 Å². The predicted molar refractivity (Wildman–Crippen MR) is 38.7 cm³/mol. The Morgan fingerprint density at radius 1 is 1.00 bits per heavy atom. The fourth-order valence-corrected chi connectivity index (χ4v) is 0.557. The van der Waals surface area contributed by atoms with Crippen molar-refractivity contribution < 1.29 is 38.7 Å². The Morgan fingerprint density at radius 2 is 1.45 bits per heavy atom. The summed E-state index contributed by atoms with van der Waals surface area (Å²) in [4.78, 5) is 0. The fourth-order valence-electron chi connectivity index (χ4n) is 0.557. The van der Waals surface area contributed by atoms with Gasteiger partial charge in [0.05, 0.1) is 7.11 Å². The van der Waals surface area contributed by atoms with Crippen LogP contribution in [0.4, 0.5) is 0 Å². The van der Waals surface area contributed by atoms with Gasteiger partial charge in [0.25, 0.3) is 0 Å². The van der Waals surface area contributed by atoms with Crippen LogP contribution in [0.5, 0.6) is 5.75 Å². The number of methoxy groups -OCH3 is 1. The molecule has 0 aliphatic rings. The van der Waals surface area contributed by atoms with E-state index < -0.39 is 0 Å². The minimum absolute atomic E-state index is 0. The number of halogens is 2. The molecule has 0 aliphatic heterocycles. The molecule has 0 spiro atoms. The van der Waals surface area contributed by atoms with Gasteiger partial charge in [-0.3, -0.25) is 0 Å². The van der Waals surface area contributed by atoms with Gasteiger partial charge in [-0.1, -0.05) is 18.2 Å². The molecule has 1 aromatic carbocycles. The van der Waals surface area contributed by atoms with Gasteiger partial charge >= 0.3 is 23.1 Å². The molecular formula is C7H8Br2MgO. The maximum atomic E-state index is 4.91. The van der Waals surface area contributed by atoms with Crippen LogP contribution in [0.15, 0.2) is 30.3 Å². The quantitative estimate of drug-likeness (QED) is 0.473. The van der Waals surface area contributed by atoms with Crippen molar-refractivity contribution in [2.45, 2.75) is 0 Å². The molecule has 0 amide bonds. The zero-order valence-electron chi connectivity index (χ0n) is 6.26. The number of hydrogen-bond donors (Lipinski definition) is 0. The average molecular weight is 292 g/mol. The molecule has 1 nitrogen and oxygen atoms in total. The molecule has 0 saturated carbocycles. The van der Waals surface area contributed by atoms with Crippen molar-refractivity contribution >= 4 is 23.1 Å². The first kappa shape index (κ1) is 17.7. The molecule has 0 N–H and O–H groups in total. The Labute approximate surface area is 104 Å². The Hall–Kier alpha value is 0.746. The number of benzene rings is 1. The molecule has 0 radical (unpaired) electrons. The van der Waals surface area contributed by atoms with Crippen LogP contribution in [-0.2, 0) is 0 Å². The third kappa shape index (κ3) is 7.12. The number of hydrogen-bond acceptors (Lipinski definition) is 1. The van der Waals surface area contributed by atoms with Gasteiger partial charge in [0.2, 0.25) is 0 Å². The SMILES string of the molecule is COc1ccccc1.[Br-].[Br-].[Mg+2]. The zero-order valence-corrected chi connectivity index (χ0v) is 10.8. The molecule has 11 heavy (non-hydrogen) atoms. The maximum Gasteiger partial charge on any atom is 2.00 e. The van der Waals surface area contributed by atoms with Crippen LogP contribution >= 0.6 is 0 Å². The van der Waals surface area contributed by atoms with Gasteiger partial charge in [-0.05, 0) is 12.1 Å². The first-order valence-electron chi connectivity index (χ1n) is 2.52. The van der Waals surface area contributed by atoms with Crippen molar-refractivity contribution in [1.29, 1.82) is 0 Å². The second-order valence-electron chi connectivity index (χ2n) is 1.52. The molecule has 0 aromatic heterocycles. The summed E-state index contributed by atoms with van der Waals surface area (Å²) in [5, 5.41) is 0. The summed E-state index contributed by atoms with van der Waals surface area (Å²) >= 11 is 0. The minimum atomic E-state index is 0. The molecular weight excluding hydrogens is 284 g/mol. The van der Waals surface area contributed by atoms with Crippen LogP contribution < -0.4 is 38.7 Å². The van der Waals surface area contributed by atoms with Crippen molar-refractivity contribution in [2.24, 2.45) is 0 Å². The van der Waals surface area contributed by atoms with Crippen LogP contribution in [0, 0.1) is 0 Å². The Bertz CT molecular complexity index is 158. The van der Waals surface area contributed by atoms with E-state index in [0.29, 0.717) is 0 Å². The van der Waals surface area contributed by atoms with Crippen LogP contribution in [0.1, 0.15) is 0 Å². The summed E-state index contributed by atoms with van der Waals surface area (Å²) in [7, 11) is 1.66. The van der Waals surface area contributed by atoms with E-state index in [4.69, 9.17) is 4.74 Å². The van der Waals surface area contributed by atoms with E-state index in [0.717, 1.165) is 5.75 Å². The summed E-state index contributed by atoms with van der Waals surface area (Å²) in [6, 6.07) is 9.68. The van der Waals surface area contributed by atoms with Crippen molar-refractivity contribution in [3.63, 3.8) is 0 Å². The van der Waals surface area contributed by atoms with E-state index in [1.165, 1.54) is 0 Å². The maximum absolute atomic E-state index is 4.91. The molecule has 58 valence electrons. The largest absolute Gasteiger partial charge is 2.00 e. The second-order valence-corrected chi connectivity index (χ2v) is 1.52. The normalized spacial score (nSPS) is 6.27. The molecule has 0 saturated heterocycles. The van der Waals surface area contributed by atoms with E-state index in [1.54, 1.807) is 7.11 Å². The summed E-state index contributed by atoms with van der Waals surface area (Å²) in [5.74, 6) is 0.910. The molecule has 0 aliphatic carbocycles. The smallest absolute Gasteiger partial charge is 1.00 e. The van der Waals surface area contributed by atoms with Crippen LogP contribution in [0.3, 0.4) is 0 Å². The molecule has 0 fully saturated rings. The third-order valence-corrected chi connectivity index (χ3v) is 0.979. The number of rotatable bonds is 1. The first-order valence-corrected chi connectivity index (χ1v) is 2.52. The first-order chi connectivity index (χ1) is 3.93. The van der Waals surface area contributed by atoms with Gasteiger partial charge in [0.1, 0.15) is 5.75 Å². The summed E-state index contributed by atoms with van der Waals surface area (Å²) < 4.78 is 4.91. The van der Waals surface area contributed by atoms with Crippen LogP contribution in [0.25, 0.3) is 0 Å². The fraction of sp³-hybridized carbons (Fsp3) is 0.143. The molecule has 0 heterocycles. The molecule has 0 bridgehead atoms. The second kappa shape index (κ2) is 10.7. The van der Waals surface area contributed by atoms with Gasteiger partial charge in [0, 0.05) is 0 Å². The Kier molecular flexibility index (Phi) is 17.3. The molecule has 4 heteroatoms.